The molecule has 3 aromatic rings. The summed E-state index contributed by atoms with van der Waals surface area (Å²) in [5, 5.41) is 3.88. The maximum Gasteiger partial charge on any atom is 0.250 e. The lowest BCUT2D eigenvalue weighted by atomic mass is 10.1. The highest BCUT2D eigenvalue weighted by molar-refractivity contribution is 6.33. The Morgan fingerprint density at radius 2 is 2.00 bits per heavy atom. The van der Waals surface area contributed by atoms with Crippen molar-refractivity contribution in [3.8, 4) is 5.75 Å². The number of hydrogen-bond donors (Lipinski definition) is 2. The van der Waals surface area contributed by atoms with E-state index in [1.165, 1.54) is 12.1 Å². The number of hydrogen-bond acceptors (Lipinski definition) is 5. The first kappa shape index (κ1) is 21.2. The molecule has 6 nitrogen and oxygen atoms in total. The van der Waals surface area contributed by atoms with Gasteiger partial charge in [-0.3, -0.25) is 4.79 Å². The molecule has 1 saturated heterocycles. The second-order valence-electron chi connectivity index (χ2n) is 7.13. The number of carbonyl (C=O) groups excluding carboxylic acids is 1. The summed E-state index contributed by atoms with van der Waals surface area (Å²) in [6.45, 7) is 1.64. The second-order valence-corrected chi connectivity index (χ2v) is 7.98. The molecule has 0 aliphatic carbocycles. The predicted molar refractivity (Wildman–Crippen MR) is 120 cm³/mol. The molecule has 1 amide bonds. The minimum Gasteiger partial charge on any atom is -0.484 e. The zero-order chi connectivity index (χ0) is 22.0. The van der Waals surface area contributed by atoms with Gasteiger partial charge in [-0.25, -0.2) is 9.37 Å². The molecule has 1 aliphatic heterocycles. The van der Waals surface area contributed by atoms with Crippen LogP contribution in [0, 0.1) is 5.82 Å². The molecule has 0 unspecified atom stereocenters. The third-order valence-corrected chi connectivity index (χ3v) is 5.43. The van der Waals surface area contributed by atoms with Crippen LogP contribution in [0.5, 0.6) is 5.75 Å². The molecule has 2 heterocycles. The van der Waals surface area contributed by atoms with Crippen LogP contribution in [0.3, 0.4) is 0 Å². The van der Waals surface area contributed by atoms with Gasteiger partial charge in [-0.05, 0) is 48.0 Å². The molecule has 0 radical (unpaired) electrons. The van der Waals surface area contributed by atoms with Crippen molar-refractivity contribution in [2.45, 2.75) is 12.6 Å². The Hall–Kier alpha value is -3.03. The largest absolute Gasteiger partial charge is 0.484 e. The predicted octanol–water partition coefficient (Wildman–Crippen LogP) is 4.51. The van der Waals surface area contributed by atoms with E-state index in [0.29, 0.717) is 35.5 Å². The van der Waals surface area contributed by atoms with Crippen LogP contribution in [-0.2, 0) is 6.54 Å². The van der Waals surface area contributed by atoms with Gasteiger partial charge >= 0.3 is 0 Å². The van der Waals surface area contributed by atoms with E-state index in [1.54, 1.807) is 18.2 Å². The van der Waals surface area contributed by atoms with Crippen molar-refractivity contribution in [2.24, 2.45) is 5.73 Å². The maximum atomic E-state index is 13.9. The highest BCUT2D eigenvalue weighted by atomic mass is 35.5. The lowest BCUT2D eigenvalue weighted by Gasteiger charge is -2.39. The molecule has 0 atom stereocenters. The fraction of sp³-hybridized carbons (Fsp3) is 0.182. The smallest absolute Gasteiger partial charge is 0.250 e. The number of carbonyl (C=O) groups is 1. The molecule has 2 aromatic carbocycles. The summed E-state index contributed by atoms with van der Waals surface area (Å²) in [6, 6.07) is 15.1. The fourth-order valence-electron chi connectivity index (χ4n) is 3.21. The Labute approximate surface area is 188 Å². The summed E-state index contributed by atoms with van der Waals surface area (Å²) in [5.41, 5.74) is 6.48. The Balaban J connectivity index is 1.34. The van der Waals surface area contributed by atoms with Gasteiger partial charge in [-0.2, -0.15) is 0 Å². The minimum absolute atomic E-state index is 0.129. The van der Waals surface area contributed by atoms with E-state index < -0.39 is 11.7 Å². The third kappa shape index (κ3) is 5.00. The highest BCUT2D eigenvalue weighted by Crippen LogP contribution is 2.27. The average molecular weight is 461 g/mol. The van der Waals surface area contributed by atoms with Crippen LogP contribution < -0.4 is 20.7 Å². The molecule has 9 heteroatoms. The first-order valence-corrected chi connectivity index (χ1v) is 10.3. The number of halogens is 3. The van der Waals surface area contributed by atoms with Crippen molar-refractivity contribution in [2.75, 3.05) is 23.3 Å². The van der Waals surface area contributed by atoms with Crippen LogP contribution in [0.4, 0.5) is 16.0 Å². The molecule has 0 saturated carbocycles. The average Bonchev–Trinajstić information content (AvgIpc) is 2.71. The molecular formula is C22H19Cl2FN4O2. The zero-order valence-corrected chi connectivity index (χ0v) is 17.8. The highest BCUT2D eigenvalue weighted by Gasteiger charge is 2.30. The van der Waals surface area contributed by atoms with Gasteiger partial charge in [0, 0.05) is 11.6 Å². The topological polar surface area (TPSA) is 80.5 Å². The SMILES string of the molecule is NC(=O)c1cc(CNc2cccc(N3CC(Oc4ccc(Cl)cc4F)C3)n2)ccc1Cl. The number of primary amides is 1. The van der Waals surface area contributed by atoms with Gasteiger partial charge in [-0.1, -0.05) is 35.3 Å². The summed E-state index contributed by atoms with van der Waals surface area (Å²) in [6.07, 6.45) is -0.129. The Bertz CT molecular complexity index is 1120. The molecule has 0 spiro atoms. The number of anilines is 2. The van der Waals surface area contributed by atoms with E-state index in [-0.39, 0.29) is 17.4 Å². The number of amides is 1. The normalized spacial score (nSPS) is 13.6. The fourth-order valence-corrected chi connectivity index (χ4v) is 3.58. The van der Waals surface area contributed by atoms with Gasteiger partial charge in [0.2, 0.25) is 5.91 Å². The number of benzene rings is 2. The molecule has 0 bridgehead atoms. The van der Waals surface area contributed by atoms with E-state index in [4.69, 9.17) is 33.7 Å². The first-order valence-electron chi connectivity index (χ1n) is 9.55. The molecule has 1 aliphatic rings. The summed E-state index contributed by atoms with van der Waals surface area (Å²) >= 11 is 11.8. The van der Waals surface area contributed by atoms with Crippen LogP contribution in [0.1, 0.15) is 15.9 Å². The van der Waals surface area contributed by atoms with Gasteiger partial charge < -0.3 is 20.7 Å². The molecule has 3 N–H and O–H groups in total. The molecule has 31 heavy (non-hydrogen) atoms. The molecule has 160 valence electrons. The number of nitrogens with two attached hydrogens (primary N) is 1. The van der Waals surface area contributed by atoms with Crippen LogP contribution in [0.2, 0.25) is 10.0 Å². The maximum absolute atomic E-state index is 13.9. The number of rotatable bonds is 7. The van der Waals surface area contributed by atoms with E-state index in [2.05, 4.69) is 10.3 Å². The van der Waals surface area contributed by atoms with Crippen LogP contribution in [0.15, 0.2) is 54.6 Å². The molecule has 1 aromatic heterocycles. The minimum atomic E-state index is -0.569. The number of pyridine rings is 1. The Kier molecular flexibility index (Phi) is 6.15. The van der Waals surface area contributed by atoms with Gasteiger partial charge in [0.25, 0.3) is 0 Å². The summed E-state index contributed by atoms with van der Waals surface area (Å²) in [4.78, 5) is 18.1. The van der Waals surface area contributed by atoms with E-state index in [1.807, 2.05) is 29.2 Å². The van der Waals surface area contributed by atoms with Crippen molar-refractivity contribution < 1.29 is 13.9 Å². The molecular weight excluding hydrogens is 442 g/mol. The monoisotopic (exact) mass is 460 g/mol. The third-order valence-electron chi connectivity index (χ3n) is 4.86. The van der Waals surface area contributed by atoms with Gasteiger partial charge in [-0.15, -0.1) is 0 Å². The van der Waals surface area contributed by atoms with Crippen molar-refractivity contribution in [1.82, 2.24) is 4.98 Å². The van der Waals surface area contributed by atoms with Crippen LogP contribution in [-0.4, -0.2) is 30.1 Å². The number of ether oxygens (including phenoxy) is 1. The summed E-state index contributed by atoms with van der Waals surface area (Å²) in [5.74, 6) is 0.615. The van der Waals surface area contributed by atoms with Crippen molar-refractivity contribution in [3.63, 3.8) is 0 Å². The summed E-state index contributed by atoms with van der Waals surface area (Å²) < 4.78 is 19.6. The second kappa shape index (κ2) is 8.99. The van der Waals surface area contributed by atoms with Gasteiger partial charge in [0.1, 0.15) is 17.7 Å². The van der Waals surface area contributed by atoms with E-state index in [0.717, 1.165) is 11.4 Å². The molecule has 4 rings (SSSR count). The number of aromatic nitrogens is 1. The van der Waals surface area contributed by atoms with E-state index in [9.17, 15) is 9.18 Å². The van der Waals surface area contributed by atoms with Crippen LogP contribution in [0.25, 0.3) is 0 Å². The van der Waals surface area contributed by atoms with Crippen molar-refractivity contribution >= 4 is 40.7 Å². The quantitative estimate of drug-likeness (QED) is 0.542. The van der Waals surface area contributed by atoms with Gasteiger partial charge in [0.15, 0.2) is 11.6 Å². The van der Waals surface area contributed by atoms with E-state index >= 15 is 0 Å². The standard InChI is InChI=1S/C22H19Cl2FN4O2/c23-14-5-7-19(18(25)9-14)31-15-11-29(12-15)21-3-1-2-20(28-21)27-10-13-4-6-17(24)16(8-13)22(26)30/h1-9,15H,10-12H2,(H2,26,30)(H,27,28). The van der Waals surface area contributed by atoms with Crippen molar-refractivity contribution in [3.05, 3.63) is 81.6 Å². The number of nitrogens with zero attached hydrogens (tertiary/aromatic N) is 2. The first-order chi connectivity index (χ1) is 14.9. The van der Waals surface area contributed by atoms with Crippen molar-refractivity contribution in [1.29, 1.82) is 0 Å². The van der Waals surface area contributed by atoms with Gasteiger partial charge in [0.05, 0.1) is 23.7 Å². The Morgan fingerprint density at radius 1 is 1.19 bits per heavy atom. The Morgan fingerprint density at radius 3 is 2.74 bits per heavy atom. The lowest BCUT2D eigenvalue weighted by molar-refractivity contribution is 0.100. The summed E-state index contributed by atoms with van der Waals surface area (Å²) in [7, 11) is 0. The van der Waals surface area contributed by atoms with Crippen LogP contribution >= 0.6 is 23.2 Å². The zero-order valence-electron chi connectivity index (χ0n) is 16.3. The number of nitrogens with one attached hydrogen (secondary N) is 1. The lowest BCUT2D eigenvalue weighted by Crippen LogP contribution is -2.54. The molecule has 1 fully saturated rings.